The van der Waals surface area contributed by atoms with Crippen LogP contribution in [0.3, 0.4) is 0 Å². The number of nitrogens with zero attached hydrogens (tertiary/aromatic N) is 1. The first kappa shape index (κ1) is 22.1. The molecule has 0 aromatic heterocycles. The molecule has 7 nitrogen and oxygen atoms in total. The maximum Gasteiger partial charge on any atom is 0.321 e. The van der Waals surface area contributed by atoms with Gasteiger partial charge in [-0.3, -0.25) is 0 Å². The van der Waals surface area contributed by atoms with Gasteiger partial charge in [0.05, 0.1) is 11.5 Å². The number of anilines is 1. The first-order valence-electron chi connectivity index (χ1n) is 10.3. The van der Waals surface area contributed by atoms with Crippen LogP contribution in [0.4, 0.5) is 10.5 Å². The number of sulfonamides is 1. The molecule has 0 spiro atoms. The Labute approximate surface area is 178 Å². The Morgan fingerprint density at radius 2 is 1.73 bits per heavy atom. The van der Waals surface area contributed by atoms with E-state index in [-0.39, 0.29) is 10.9 Å². The van der Waals surface area contributed by atoms with Crippen molar-refractivity contribution >= 4 is 21.7 Å². The minimum absolute atomic E-state index is 0.0221. The van der Waals surface area contributed by atoms with E-state index in [1.54, 1.807) is 17.0 Å². The van der Waals surface area contributed by atoms with E-state index >= 15 is 0 Å². The van der Waals surface area contributed by atoms with Crippen molar-refractivity contribution in [2.24, 2.45) is 11.1 Å². The molecule has 162 valence electrons. The molecule has 30 heavy (non-hydrogen) atoms. The monoisotopic (exact) mass is 431 g/mol. The number of urea groups is 1. The second kappa shape index (κ2) is 9.95. The van der Waals surface area contributed by atoms with Gasteiger partial charge in [0.15, 0.2) is 0 Å². The number of piperidine rings is 1. The van der Waals surface area contributed by atoms with Crippen LogP contribution in [0.25, 0.3) is 0 Å². The van der Waals surface area contributed by atoms with Crippen LogP contribution < -0.4 is 15.2 Å². The first-order valence-corrected chi connectivity index (χ1v) is 11.8. The molecule has 0 aliphatic carbocycles. The van der Waals surface area contributed by atoms with E-state index in [4.69, 9.17) is 9.88 Å². The number of hydrogen-bond acceptors (Lipinski definition) is 4. The van der Waals surface area contributed by atoms with Crippen LogP contribution in [-0.2, 0) is 16.4 Å². The molecule has 1 aliphatic heterocycles. The van der Waals surface area contributed by atoms with E-state index in [1.165, 1.54) is 17.7 Å². The van der Waals surface area contributed by atoms with Gasteiger partial charge in [-0.2, -0.15) is 0 Å². The number of benzene rings is 2. The Morgan fingerprint density at radius 3 is 2.30 bits per heavy atom. The van der Waals surface area contributed by atoms with Gasteiger partial charge in [0.1, 0.15) is 5.75 Å². The number of nitrogens with two attached hydrogens (primary N) is 1. The zero-order valence-electron chi connectivity index (χ0n) is 17.2. The van der Waals surface area contributed by atoms with Crippen LogP contribution in [0.5, 0.6) is 5.75 Å². The molecule has 1 saturated heterocycles. The van der Waals surface area contributed by atoms with Gasteiger partial charge >= 0.3 is 6.03 Å². The molecule has 0 bridgehead atoms. The molecule has 0 atom stereocenters. The summed E-state index contributed by atoms with van der Waals surface area (Å²) < 4.78 is 28.1. The predicted molar refractivity (Wildman–Crippen MR) is 117 cm³/mol. The first-order chi connectivity index (χ1) is 14.3. The highest BCUT2D eigenvalue weighted by molar-refractivity contribution is 7.89. The van der Waals surface area contributed by atoms with E-state index in [0.717, 1.165) is 44.5 Å². The molecule has 0 saturated carbocycles. The summed E-state index contributed by atoms with van der Waals surface area (Å²) in [5.74, 6) is 1.51. The molecule has 3 rings (SSSR count). The Bertz CT molecular complexity index is 935. The molecule has 2 aromatic carbocycles. The van der Waals surface area contributed by atoms with Gasteiger partial charge in [-0.25, -0.2) is 18.4 Å². The molecule has 1 fully saturated rings. The number of ether oxygens (including phenoxy) is 1. The second-order valence-electron chi connectivity index (χ2n) is 7.55. The zero-order chi connectivity index (χ0) is 21.6. The number of hydrogen-bond donors (Lipinski definition) is 2. The molecular weight excluding hydrogens is 402 g/mol. The molecule has 1 heterocycles. The highest BCUT2D eigenvalue weighted by atomic mass is 32.2. The van der Waals surface area contributed by atoms with Gasteiger partial charge in [0.2, 0.25) is 10.0 Å². The quantitative estimate of drug-likeness (QED) is 0.699. The molecule has 3 N–H and O–H groups in total. The van der Waals surface area contributed by atoms with E-state index in [2.05, 4.69) is 17.4 Å². The normalized spacial score (nSPS) is 15.1. The van der Waals surface area contributed by atoms with Crippen LogP contribution in [0.2, 0.25) is 0 Å². The van der Waals surface area contributed by atoms with Crippen LogP contribution in [0.15, 0.2) is 53.4 Å². The van der Waals surface area contributed by atoms with E-state index in [1.807, 2.05) is 19.1 Å². The summed E-state index contributed by atoms with van der Waals surface area (Å²) in [7, 11) is -3.73. The average molecular weight is 432 g/mol. The number of primary sulfonamides is 1. The summed E-state index contributed by atoms with van der Waals surface area (Å²) >= 11 is 0. The van der Waals surface area contributed by atoms with E-state index < -0.39 is 10.0 Å². The predicted octanol–water partition coefficient (Wildman–Crippen LogP) is 3.61. The Morgan fingerprint density at radius 1 is 1.10 bits per heavy atom. The van der Waals surface area contributed by atoms with E-state index in [9.17, 15) is 13.2 Å². The van der Waals surface area contributed by atoms with Crippen LogP contribution in [-0.4, -0.2) is 39.0 Å². The summed E-state index contributed by atoms with van der Waals surface area (Å²) in [6.07, 6.45) is 4.10. The molecule has 0 radical (unpaired) electrons. The van der Waals surface area contributed by atoms with Crippen molar-refractivity contribution in [3.05, 3.63) is 54.1 Å². The third-order valence-electron chi connectivity index (χ3n) is 5.41. The van der Waals surface area contributed by atoms with Crippen LogP contribution in [0.1, 0.15) is 31.7 Å². The van der Waals surface area contributed by atoms with Crippen molar-refractivity contribution < 1.29 is 17.9 Å². The van der Waals surface area contributed by atoms with Crippen molar-refractivity contribution in [3.8, 4) is 5.75 Å². The Balaban J connectivity index is 1.42. The topological polar surface area (TPSA) is 102 Å². The van der Waals surface area contributed by atoms with Crippen molar-refractivity contribution in [1.29, 1.82) is 0 Å². The van der Waals surface area contributed by atoms with Crippen LogP contribution >= 0.6 is 0 Å². The fraction of sp³-hybridized carbons (Fsp3) is 0.409. The molecule has 2 aromatic rings. The lowest BCUT2D eigenvalue weighted by atomic mass is 9.90. The fourth-order valence-electron chi connectivity index (χ4n) is 3.65. The van der Waals surface area contributed by atoms with E-state index in [0.29, 0.717) is 18.2 Å². The number of carbonyl (C=O) groups excluding carboxylic acids is 1. The molecule has 8 heteroatoms. The number of amides is 2. The smallest absolute Gasteiger partial charge is 0.321 e. The van der Waals surface area contributed by atoms with Crippen molar-refractivity contribution in [2.45, 2.75) is 37.5 Å². The second-order valence-corrected chi connectivity index (χ2v) is 9.11. The SMILES string of the molecule is CCOc1ccc(CCC2CCN(C(=O)Nc3ccc(S(N)(=O)=O)cc3)CC2)cc1. The van der Waals surface area contributed by atoms with Gasteiger partial charge in [-0.1, -0.05) is 12.1 Å². The van der Waals surface area contributed by atoms with Gasteiger partial charge in [-0.15, -0.1) is 0 Å². The number of rotatable bonds is 7. The highest BCUT2D eigenvalue weighted by Gasteiger charge is 2.22. The van der Waals surface area contributed by atoms with Gasteiger partial charge < -0.3 is 15.0 Å². The molecular formula is C22H29N3O4S. The minimum atomic E-state index is -3.73. The standard InChI is InChI=1S/C22H29N3O4S/c1-2-29-20-9-5-17(6-10-20)3-4-18-13-15-25(16-14-18)22(26)24-19-7-11-21(12-8-19)30(23,27)28/h5-12,18H,2-4,13-16H2,1H3,(H,24,26)(H2,23,27,28). The molecule has 0 unspecified atom stereocenters. The highest BCUT2D eigenvalue weighted by Crippen LogP contribution is 2.24. The summed E-state index contributed by atoms with van der Waals surface area (Å²) in [5.41, 5.74) is 1.85. The van der Waals surface area contributed by atoms with Gasteiger partial charge in [-0.05, 0) is 80.5 Å². The lowest BCUT2D eigenvalue weighted by Crippen LogP contribution is -2.41. The summed E-state index contributed by atoms with van der Waals surface area (Å²) in [4.78, 5) is 14.3. The number of likely N-dealkylation sites (tertiary alicyclic amines) is 1. The molecule has 2 amide bonds. The van der Waals surface area contributed by atoms with Crippen molar-refractivity contribution in [1.82, 2.24) is 4.90 Å². The summed E-state index contributed by atoms with van der Waals surface area (Å²) in [6, 6.07) is 14.0. The number of aryl methyl sites for hydroxylation is 1. The third-order valence-corrected chi connectivity index (χ3v) is 6.34. The van der Waals surface area contributed by atoms with Crippen molar-refractivity contribution in [2.75, 3.05) is 25.0 Å². The fourth-order valence-corrected chi connectivity index (χ4v) is 4.16. The average Bonchev–Trinajstić information content (AvgIpc) is 2.73. The number of nitrogens with one attached hydrogen (secondary N) is 1. The zero-order valence-corrected chi connectivity index (χ0v) is 18.0. The lowest BCUT2D eigenvalue weighted by molar-refractivity contribution is 0.180. The van der Waals surface area contributed by atoms with Crippen molar-refractivity contribution in [3.63, 3.8) is 0 Å². The van der Waals surface area contributed by atoms with Gasteiger partial charge in [0, 0.05) is 18.8 Å². The van der Waals surface area contributed by atoms with Crippen LogP contribution in [0, 0.1) is 5.92 Å². The third kappa shape index (κ3) is 6.21. The van der Waals surface area contributed by atoms with Gasteiger partial charge in [0.25, 0.3) is 0 Å². The largest absolute Gasteiger partial charge is 0.494 e. The maximum atomic E-state index is 12.5. The maximum absolute atomic E-state index is 12.5. The Hall–Kier alpha value is -2.58. The summed E-state index contributed by atoms with van der Waals surface area (Å²) in [5, 5.41) is 7.91. The minimum Gasteiger partial charge on any atom is -0.494 e. The summed E-state index contributed by atoms with van der Waals surface area (Å²) in [6.45, 7) is 4.08. The molecule has 1 aliphatic rings. The number of carbonyl (C=O) groups is 1. The Kier molecular flexibility index (Phi) is 7.33. The lowest BCUT2D eigenvalue weighted by Gasteiger charge is -2.32.